The van der Waals surface area contributed by atoms with Gasteiger partial charge in [0.15, 0.2) is 0 Å². The lowest BCUT2D eigenvalue weighted by Crippen LogP contribution is -2.01. The van der Waals surface area contributed by atoms with Gasteiger partial charge in [0.05, 0.1) is 14.3 Å². The molecule has 0 unspecified atom stereocenters. The number of hydrogen-bond acceptors (Lipinski definition) is 2. The number of aromatic nitrogens is 1. The number of halogens is 4. The Bertz CT molecular complexity index is 306. The van der Waals surface area contributed by atoms with Gasteiger partial charge in [-0.25, -0.2) is 8.78 Å². The van der Waals surface area contributed by atoms with Gasteiger partial charge in [-0.1, -0.05) is 11.6 Å². The van der Waals surface area contributed by atoms with Gasteiger partial charge in [0, 0.05) is 6.20 Å². The largest absolute Gasteiger partial charge is 0.396 e. The van der Waals surface area contributed by atoms with E-state index in [4.69, 9.17) is 17.3 Å². The quantitative estimate of drug-likeness (QED) is 0.810. The van der Waals surface area contributed by atoms with E-state index in [9.17, 15) is 8.78 Å². The molecule has 0 aromatic carbocycles. The minimum Gasteiger partial charge on any atom is -0.396 e. The number of pyridine rings is 1. The van der Waals surface area contributed by atoms with Gasteiger partial charge in [0.1, 0.15) is 5.69 Å². The van der Waals surface area contributed by atoms with Crippen molar-refractivity contribution < 1.29 is 8.78 Å². The zero-order valence-electron chi connectivity index (χ0n) is 5.69. The summed E-state index contributed by atoms with van der Waals surface area (Å²) in [6.45, 7) is 0. The fourth-order valence-corrected chi connectivity index (χ4v) is 1.23. The molecule has 6 heteroatoms. The van der Waals surface area contributed by atoms with Crippen molar-refractivity contribution in [2.45, 2.75) is 6.43 Å². The van der Waals surface area contributed by atoms with Crippen LogP contribution < -0.4 is 5.73 Å². The lowest BCUT2D eigenvalue weighted by molar-refractivity contribution is 0.147. The Kier molecular flexibility index (Phi) is 3.05. The molecule has 12 heavy (non-hydrogen) atoms. The lowest BCUT2D eigenvalue weighted by Gasteiger charge is -2.05. The van der Waals surface area contributed by atoms with Crippen molar-refractivity contribution >= 4 is 39.9 Å². The van der Waals surface area contributed by atoms with Crippen LogP contribution >= 0.6 is 34.2 Å². The van der Waals surface area contributed by atoms with Crippen molar-refractivity contribution in [1.29, 1.82) is 0 Å². The van der Waals surface area contributed by atoms with Crippen molar-refractivity contribution in [1.82, 2.24) is 4.98 Å². The fraction of sp³-hybridized carbons (Fsp3) is 0.167. The van der Waals surface area contributed by atoms with Crippen LogP contribution in [0.25, 0.3) is 0 Å². The smallest absolute Gasteiger partial charge is 0.282 e. The Morgan fingerprint density at radius 3 is 2.67 bits per heavy atom. The minimum absolute atomic E-state index is 0.0434. The lowest BCUT2D eigenvalue weighted by atomic mass is 10.3. The molecule has 0 saturated carbocycles. The van der Waals surface area contributed by atoms with E-state index < -0.39 is 12.1 Å². The first-order valence-electron chi connectivity index (χ1n) is 2.91. The van der Waals surface area contributed by atoms with Crippen LogP contribution in [-0.2, 0) is 0 Å². The highest BCUT2D eigenvalue weighted by Gasteiger charge is 2.16. The molecular formula is C6H4ClF2IN2. The molecule has 0 aliphatic carbocycles. The topological polar surface area (TPSA) is 38.9 Å². The molecule has 1 aromatic heterocycles. The fourth-order valence-electron chi connectivity index (χ4n) is 0.667. The molecule has 0 fully saturated rings. The number of nitrogen functional groups attached to an aromatic ring is 1. The van der Waals surface area contributed by atoms with E-state index in [-0.39, 0.29) is 10.7 Å². The predicted molar refractivity (Wildman–Crippen MR) is 51.3 cm³/mol. The van der Waals surface area contributed by atoms with Gasteiger partial charge < -0.3 is 5.73 Å². The molecule has 66 valence electrons. The molecule has 0 amide bonds. The molecule has 0 atom stereocenters. The molecule has 0 saturated heterocycles. The molecule has 0 aliphatic heterocycles. The standard InChI is InChI=1S/C6H4ClF2IN2/c7-2-1-12-5(6(8)9)4(11)3(2)10/h1,6H,11H2. The van der Waals surface area contributed by atoms with Crippen molar-refractivity contribution in [2.75, 3.05) is 5.73 Å². The zero-order valence-corrected chi connectivity index (χ0v) is 8.60. The highest BCUT2D eigenvalue weighted by atomic mass is 127. The van der Waals surface area contributed by atoms with E-state index in [2.05, 4.69) is 4.98 Å². The van der Waals surface area contributed by atoms with Crippen LogP contribution in [0.3, 0.4) is 0 Å². The Labute approximate surface area is 86.3 Å². The second-order valence-corrected chi connectivity index (χ2v) is 3.51. The number of nitrogens with zero attached hydrogens (tertiary/aromatic N) is 1. The monoisotopic (exact) mass is 304 g/mol. The molecule has 0 aliphatic rings. The normalized spacial score (nSPS) is 10.8. The Morgan fingerprint density at radius 1 is 1.58 bits per heavy atom. The number of alkyl halides is 2. The maximum atomic E-state index is 12.2. The number of rotatable bonds is 1. The van der Waals surface area contributed by atoms with Crippen LogP contribution in [0.1, 0.15) is 12.1 Å². The van der Waals surface area contributed by atoms with Gasteiger partial charge in [-0.15, -0.1) is 0 Å². The van der Waals surface area contributed by atoms with Gasteiger partial charge in [0.2, 0.25) is 0 Å². The van der Waals surface area contributed by atoms with Crippen molar-refractivity contribution in [3.05, 3.63) is 20.5 Å². The molecule has 1 heterocycles. The van der Waals surface area contributed by atoms with Crippen LogP contribution in [0.2, 0.25) is 5.02 Å². The average Bonchev–Trinajstić information content (AvgIpc) is 2.00. The summed E-state index contributed by atoms with van der Waals surface area (Å²) in [4.78, 5) is 3.43. The Balaban J connectivity index is 3.27. The van der Waals surface area contributed by atoms with Crippen LogP contribution in [0.5, 0.6) is 0 Å². The van der Waals surface area contributed by atoms with Crippen LogP contribution in [-0.4, -0.2) is 4.98 Å². The number of nitrogens with two attached hydrogens (primary N) is 1. The SMILES string of the molecule is Nc1c(C(F)F)ncc(Cl)c1I. The van der Waals surface area contributed by atoms with E-state index >= 15 is 0 Å². The van der Waals surface area contributed by atoms with E-state index in [0.29, 0.717) is 3.57 Å². The van der Waals surface area contributed by atoms with Gasteiger partial charge >= 0.3 is 0 Å². The number of hydrogen-bond donors (Lipinski definition) is 1. The van der Waals surface area contributed by atoms with Crippen LogP contribution in [0.4, 0.5) is 14.5 Å². The first-order valence-corrected chi connectivity index (χ1v) is 4.37. The third-order valence-electron chi connectivity index (χ3n) is 1.25. The molecule has 0 spiro atoms. The van der Waals surface area contributed by atoms with Gasteiger partial charge in [-0.3, -0.25) is 4.98 Å². The Hall–Kier alpha value is -0.170. The third-order valence-corrected chi connectivity index (χ3v) is 3.01. The summed E-state index contributed by atoms with van der Waals surface area (Å²) in [5.41, 5.74) is 4.89. The van der Waals surface area contributed by atoms with E-state index in [0.717, 1.165) is 0 Å². The van der Waals surface area contributed by atoms with Crippen molar-refractivity contribution in [3.8, 4) is 0 Å². The molecule has 0 bridgehead atoms. The van der Waals surface area contributed by atoms with Gasteiger partial charge in [-0.05, 0) is 22.6 Å². The zero-order chi connectivity index (χ0) is 9.30. The maximum absolute atomic E-state index is 12.2. The predicted octanol–water partition coefficient (Wildman–Crippen LogP) is 2.86. The molecule has 0 radical (unpaired) electrons. The summed E-state index contributed by atoms with van der Waals surface area (Å²) in [5.74, 6) is 0. The minimum atomic E-state index is -2.66. The van der Waals surface area contributed by atoms with Crippen molar-refractivity contribution in [3.63, 3.8) is 0 Å². The Morgan fingerprint density at radius 2 is 2.17 bits per heavy atom. The maximum Gasteiger partial charge on any atom is 0.282 e. The van der Waals surface area contributed by atoms with Crippen molar-refractivity contribution in [2.24, 2.45) is 0 Å². The highest BCUT2D eigenvalue weighted by Crippen LogP contribution is 2.30. The summed E-state index contributed by atoms with van der Waals surface area (Å²) < 4.78 is 24.7. The molecule has 1 rings (SSSR count). The molecule has 2 N–H and O–H groups in total. The first-order chi connectivity index (χ1) is 5.54. The highest BCUT2D eigenvalue weighted by molar-refractivity contribution is 14.1. The summed E-state index contributed by atoms with van der Waals surface area (Å²) in [7, 11) is 0. The molecule has 2 nitrogen and oxygen atoms in total. The first kappa shape index (κ1) is 9.91. The third kappa shape index (κ3) is 1.77. The van der Waals surface area contributed by atoms with E-state index in [1.54, 1.807) is 22.6 Å². The van der Waals surface area contributed by atoms with E-state index in [1.807, 2.05) is 0 Å². The van der Waals surface area contributed by atoms with E-state index in [1.165, 1.54) is 6.20 Å². The van der Waals surface area contributed by atoms with Gasteiger partial charge in [-0.2, -0.15) is 0 Å². The average molecular weight is 304 g/mol. The second kappa shape index (κ2) is 3.69. The summed E-state index contributed by atoms with van der Waals surface area (Å²) >= 11 is 7.39. The summed E-state index contributed by atoms with van der Waals surface area (Å²) in [5, 5.41) is 0.289. The second-order valence-electron chi connectivity index (χ2n) is 2.02. The summed E-state index contributed by atoms with van der Waals surface area (Å²) in [6, 6.07) is 0. The summed E-state index contributed by atoms with van der Waals surface area (Å²) in [6.07, 6.45) is -1.49. The number of anilines is 1. The molecular weight excluding hydrogens is 300 g/mol. The van der Waals surface area contributed by atoms with Crippen LogP contribution in [0, 0.1) is 3.57 Å². The molecule has 1 aromatic rings. The van der Waals surface area contributed by atoms with Crippen LogP contribution in [0.15, 0.2) is 6.20 Å². The van der Waals surface area contributed by atoms with Gasteiger partial charge in [0.25, 0.3) is 6.43 Å².